The molecule has 1 aliphatic rings. The highest BCUT2D eigenvalue weighted by Gasteiger charge is 2.27. The van der Waals surface area contributed by atoms with E-state index in [1.54, 1.807) is 4.90 Å². The van der Waals surface area contributed by atoms with Gasteiger partial charge in [-0.05, 0) is 30.9 Å². The van der Waals surface area contributed by atoms with Gasteiger partial charge in [0.1, 0.15) is 5.75 Å². The van der Waals surface area contributed by atoms with Crippen LogP contribution in [0.1, 0.15) is 12.8 Å². The molecule has 2 N–H and O–H groups in total. The van der Waals surface area contributed by atoms with Gasteiger partial charge in [-0.15, -0.1) is 0 Å². The highest BCUT2D eigenvalue weighted by Crippen LogP contribution is 2.25. The number of amides is 1. The van der Waals surface area contributed by atoms with Crippen LogP contribution in [0.4, 0.5) is 0 Å². The molecule has 0 radical (unpaired) electrons. The molecule has 1 aromatic carbocycles. The number of likely N-dealkylation sites (N-methyl/N-ethyl adjacent to an activating group) is 1. The number of nitrogens with zero attached hydrogens (tertiary/aromatic N) is 1. The molecule has 1 saturated carbocycles. The Balaban J connectivity index is 1.71. The van der Waals surface area contributed by atoms with E-state index in [0.717, 1.165) is 25.1 Å². The van der Waals surface area contributed by atoms with E-state index in [2.05, 4.69) is 0 Å². The van der Waals surface area contributed by atoms with Crippen molar-refractivity contribution in [3.8, 4) is 5.75 Å². The summed E-state index contributed by atoms with van der Waals surface area (Å²) < 4.78 is 5.43. The maximum Gasteiger partial charge on any atom is 0.260 e. The number of hydrogen-bond acceptors (Lipinski definition) is 3. The zero-order valence-electron chi connectivity index (χ0n) is 10.7. The normalized spacial score (nSPS) is 22.1. The fraction of sp³-hybridized carbons (Fsp3) is 0.500. The Labute approximate surface area is 108 Å². The SMILES string of the molecule is CN(CC1CC(N)C1)C(=O)COc1ccccc1. The van der Waals surface area contributed by atoms with Crippen molar-refractivity contribution in [3.05, 3.63) is 30.3 Å². The number of hydrogen-bond donors (Lipinski definition) is 1. The molecule has 1 amide bonds. The smallest absolute Gasteiger partial charge is 0.260 e. The van der Waals surface area contributed by atoms with Crippen LogP contribution in [-0.4, -0.2) is 37.0 Å². The standard InChI is InChI=1S/C14H20N2O2/c1-16(9-11-7-12(15)8-11)14(17)10-18-13-5-3-2-4-6-13/h2-6,11-12H,7-10,15H2,1H3. The van der Waals surface area contributed by atoms with E-state index in [-0.39, 0.29) is 12.5 Å². The van der Waals surface area contributed by atoms with Crippen molar-refractivity contribution >= 4 is 5.91 Å². The van der Waals surface area contributed by atoms with Crippen LogP contribution in [0.2, 0.25) is 0 Å². The Hall–Kier alpha value is -1.55. The molecule has 4 heteroatoms. The van der Waals surface area contributed by atoms with E-state index in [4.69, 9.17) is 10.5 Å². The topological polar surface area (TPSA) is 55.6 Å². The van der Waals surface area contributed by atoms with Gasteiger partial charge in [-0.3, -0.25) is 4.79 Å². The van der Waals surface area contributed by atoms with Crippen LogP contribution >= 0.6 is 0 Å². The largest absolute Gasteiger partial charge is 0.484 e. The van der Waals surface area contributed by atoms with E-state index in [1.165, 1.54) is 0 Å². The van der Waals surface area contributed by atoms with Gasteiger partial charge in [-0.1, -0.05) is 18.2 Å². The first-order chi connectivity index (χ1) is 8.65. The van der Waals surface area contributed by atoms with Crippen molar-refractivity contribution in [1.82, 2.24) is 4.90 Å². The summed E-state index contributed by atoms with van der Waals surface area (Å²) in [6.45, 7) is 0.879. The molecule has 1 aromatic rings. The summed E-state index contributed by atoms with van der Waals surface area (Å²) >= 11 is 0. The third kappa shape index (κ3) is 3.47. The zero-order valence-corrected chi connectivity index (χ0v) is 10.7. The second kappa shape index (κ2) is 5.87. The lowest BCUT2D eigenvalue weighted by atomic mass is 9.80. The lowest BCUT2D eigenvalue weighted by molar-refractivity contribution is -0.133. The summed E-state index contributed by atoms with van der Waals surface area (Å²) in [5, 5.41) is 0. The Kier molecular flexibility index (Phi) is 4.20. The summed E-state index contributed by atoms with van der Waals surface area (Å²) in [4.78, 5) is 13.6. The molecule has 0 saturated heterocycles. The molecule has 1 fully saturated rings. The average Bonchev–Trinajstić information content (AvgIpc) is 2.35. The molecule has 0 spiro atoms. The summed E-state index contributed by atoms with van der Waals surface area (Å²) in [7, 11) is 1.82. The number of nitrogens with two attached hydrogens (primary N) is 1. The molecular formula is C14H20N2O2. The summed E-state index contributed by atoms with van der Waals surface area (Å²) in [6.07, 6.45) is 2.05. The van der Waals surface area contributed by atoms with Gasteiger partial charge in [0, 0.05) is 19.6 Å². The second-order valence-corrected chi connectivity index (χ2v) is 4.97. The lowest BCUT2D eigenvalue weighted by Gasteiger charge is -2.35. The number of rotatable bonds is 5. The van der Waals surface area contributed by atoms with Crippen molar-refractivity contribution in [2.45, 2.75) is 18.9 Å². The first kappa shape index (κ1) is 12.9. The molecule has 0 atom stereocenters. The molecule has 98 valence electrons. The molecule has 0 aliphatic heterocycles. The minimum Gasteiger partial charge on any atom is -0.484 e. The van der Waals surface area contributed by atoms with Gasteiger partial charge < -0.3 is 15.4 Å². The maximum absolute atomic E-state index is 11.8. The van der Waals surface area contributed by atoms with Gasteiger partial charge in [0.05, 0.1) is 0 Å². The van der Waals surface area contributed by atoms with Gasteiger partial charge in [0.15, 0.2) is 6.61 Å². The van der Waals surface area contributed by atoms with Gasteiger partial charge >= 0.3 is 0 Å². The van der Waals surface area contributed by atoms with Crippen molar-refractivity contribution in [2.75, 3.05) is 20.2 Å². The predicted octanol–water partition coefficient (Wildman–Crippen LogP) is 1.26. The number of carbonyl (C=O) groups is 1. The van der Waals surface area contributed by atoms with Crippen LogP contribution in [0, 0.1) is 5.92 Å². The van der Waals surface area contributed by atoms with Crippen LogP contribution in [0.25, 0.3) is 0 Å². The van der Waals surface area contributed by atoms with Crippen LogP contribution in [0.15, 0.2) is 30.3 Å². The molecule has 0 bridgehead atoms. The van der Waals surface area contributed by atoms with Gasteiger partial charge in [0.25, 0.3) is 5.91 Å². The third-order valence-corrected chi connectivity index (χ3v) is 3.34. The van der Waals surface area contributed by atoms with Crippen LogP contribution in [-0.2, 0) is 4.79 Å². The van der Waals surface area contributed by atoms with Crippen LogP contribution in [0.3, 0.4) is 0 Å². The monoisotopic (exact) mass is 248 g/mol. The van der Waals surface area contributed by atoms with Crippen molar-refractivity contribution in [2.24, 2.45) is 11.7 Å². The number of benzene rings is 1. The number of ether oxygens (including phenoxy) is 1. The number of para-hydroxylation sites is 1. The lowest BCUT2D eigenvalue weighted by Crippen LogP contribution is -2.44. The second-order valence-electron chi connectivity index (χ2n) is 4.97. The van der Waals surface area contributed by atoms with Gasteiger partial charge in [0.2, 0.25) is 0 Å². The van der Waals surface area contributed by atoms with Crippen molar-refractivity contribution in [1.29, 1.82) is 0 Å². The van der Waals surface area contributed by atoms with Crippen LogP contribution in [0.5, 0.6) is 5.75 Å². The van der Waals surface area contributed by atoms with Crippen LogP contribution < -0.4 is 10.5 Å². The van der Waals surface area contributed by atoms with Crippen molar-refractivity contribution < 1.29 is 9.53 Å². The molecule has 4 nitrogen and oxygen atoms in total. The molecule has 0 unspecified atom stereocenters. The highest BCUT2D eigenvalue weighted by atomic mass is 16.5. The molecule has 18 heavy (non-hydrogen) atoms. The third-order valence-electron chi connectivity index (χ3n) is 3.34. The molecular weight excluding hydrogens is 228 g/mol. The Morgan fingerprint density at radius 1 is 1.39 bits per heavy atom. The highest BCUT2D eigenvalue weighted by molar-refractivity contribution is 5.77. The molecule has 1 aliphatic carbocycles. The maximum atomic E-state index is 11.8. The fourth-order valence-electron chi connectivity index (χ4n) is 2.20. The van der Waals surface area contributed by atoms with Gasteiger partial charge in [-0.25, -0.2) is 0 Å². The first-order valence-electron chi connectivity index (χ1n) is 6.32. The van der Waals surface area contributed by atoms with E-state index >= 15 is 0 Å². The quantitative estimate of drug-likeness (QED) is 0.853. The fourth-order valence-corrected chi connectivity index (χ4v) is 2.20. The first-order valence-corrected chi connectivity index (χ1v) is 6.32. The van der Waals surface area contributed by atoms with E-state index in [0.29, 0.717) is 12.0 Å². The molecule has 0 heterocycles. The minimum absolute atomic E-state index is 0.0133. The molecule has 0 aromatic heterocycles. The summed E-state index contributed by atoms with van der Waals surface area (Å²) in [5.74, 6) is 1.30. The Morgan fingerprint density at radius 2 is 2.06 bits per heavy atom. The van der Waals surface area contributed by atoms with Crippen molar-refractivity contribution in [3.63, 3.8) is 0 Å². The summed E-state index contributed by atoms with van der Waals surface area (Å²) in [5.41, 5.74) is 5.73. The average molecular weight is 248 g/mol. The Morgan fingerprint density at radius 3 is 2.67 bits per heavy atom. The predicted molar refractivity (Wildman–Crippen MR) is 70.3 cm³/mol. The summed E-state index contributed by atoms with van der Waals surface area (Å²) in [6, 6.07) is 9.72. The minimum atomic E-state index is 0.0133. The van der Waals surface area contributed by atoms with E-state index in [9.17, 15) is 4.79 Å². The van der Waals surface area contributed by atoms with E-state index < -0.39 is 0 Å². The zero-order chi connectivity index (χ0) is 13.0. The Bertz CT molecular complexity index is 388. The van der Waals surface area contributed by atoms with E-state index in [1.807, 2.05) is 37.4 Å². The molecule has 2 rings (SSSR count). The number of carbonyl (C=O) groups excluding carboxylic acids is 1. The van der Waals surface area contributed by atoms with Gasteiger partial charge in [-0.2, -0.15) is 0 Å².